The molecule has 2 aliphatic heterocycles. The molecule has 6 nitrogen and oxygen atoms in total. The minimum absolute atomic E-state index is 0.0653. The van der Waals surface area contributed by atoms with Crippen LogP contribution in [0.25, 0.3) is 10.9 Å². The average molecular weight is 460 g/mol. The fourth-order valence-electron chi connectivity index (χ4n) is 5.90. The summed E-state index contributed by atoms with van der Waals surface area (Å²) in [5, 5.41) is 0.934. The molecule has 3 heterocycles. The number of carbonyl (C=O) groups is 1. The number of nitrogens with zero attached hydrogens (tertiary/aromatic N) is 1. The molecule has 34 heavy (non-hydrogen) atoms. The molecular formula is C28H33N3O3. The number of hydrogen-bond donors (Lipinski definition) is 2. The van der Waals surface area contributed by atoms with Gasteiger partial charge in [-0.3, -0.25) is 9.69 Å². The molecule has 0 atom stereocenters. The largest absolute Gasteiger partial charge is 0.494 e. The highest BCUT2D eigenvalue weighted by atomic mass is 16.5. The lowest BCUT2D eigenvalue weighted by Gasteiger charge is -2.41. The first kappa shape index (κ1) is 21.7. The van der Waals surface area contributed by atoms with E-state index >= 15 is 0 Å². The van der Waals surface area contributed by atoms with E-state index in [0.717, 1.165) is 58.7 Å². The van der Waals surface area contributed by atoms with Gasteiger partial charge in [0.25, 0.3) is 0 Å². The molecule has 0 unspecified atom stereocenters. The Morgan fingerprint density at radius 3 is 2.68 bits per heavy atom. The molecule has 1 aliphatic carbocycles. The number of fused-ring (bicyclic) bond motifs is 4. The number of hydrogen-bond acceptors (Lipinski definition) is 5. The number of aromatic amines is 1. The van der Waals surface area contributed by atoms with E-state index in [9.17, 15) is 4.79 Å². The standard InChI is InChI=1S/C28H33N3O3/c1-28(2)23-14-20(34-12-9-17-7-10-31(11-8-17)19-15-33-16-19)4-6-21(23)26(32)25-22-5-3-18(29)13-24(22)30-27(25)28/h3-6,13-14,17,19,30H,7-12,15-16,29H2,1-2H3. The summed E-state index contributed by atoms with van der Waals surface area (Å²) < 4.78 is 11.5. The summed E-state index contributed by atoms with van der Waals surface area (Å²) in [4.78, 5) is 19.6. The van der Waals surface area contributed by atoms with Crippen molar-refractivity contribution < 1.29 is 14.3 Å². The highest BCUT2D eigenvalue weighted by molar-refractivity contribution is 6.20. The summed E-state index contributed by atoms with van der Waals surface area (Å²) in [6.45, 7) is 9.19. The van der Waals surface area contributed by atoms with E-state index in [1.165, 1.54) is 25.9 Å². The van der Waals surface area contributed by atoms with Crippen LogP contribution in [0.4, 0.5) is 5.69 Å². The number of nitrogen functional groups attached to an aromatic ring is 1. The number of piperidine rings is 1. The highest BCUT2D eigenvalue weighted by Crippen LogP contribution is 2.44. The maximum absolute atomic E-state index is 13.5. The predicted molar refractivity (Wildman–Crippen MR) is 134 cm³/mol. The fraction of sp³-hybridized carbons (Fsp3) is 0.464. The van der Waals surface area contributed by atoms with Crippen molar-refractivity contribution in [2.75, 3.05) is 38.6 Å². The van der Waals surface area contributed by atoms with Gasteiger partial charge >= 0.3 is 0 Å². The fourth-order valence-corrected chi connectivity index (χ4v) is 5.90. The van der Waals surface area contributed by atoms with Crippen molar-refractivity contribution in [3.05, 3.63) is 58.8 Å². The van der Waals surface area contributed by atoms with Crippen LogP contribution in [0, 0.1) is 5.92 Å². The van der Waals surface area contributed by atoms with Crippen LogP contribution in [-0.4, -0.2) is 54.6 Å². The Bertz CT molecular complexity index is 1250. The smallest absolute Gasteiger partial charge is 0.195 e. The van der Waals surface area contributed by atoms with Crippen molar-refractivity contribution >= 4 is 22.4 Å². The van der Waals surface area contributed by atoms with Crippen molar-refractivity contribution in [3.63, 3.8) is 0 Å². The second-order valence-corrected chi connectivity index (χ2v) is 10.6. The highest BCUT2D eigenvalue weighted by Gasteiger charge is 2.40. The summed E-state index contributed by atoms with van der Waals surface area (Å²) in [6.07, 6.45) is 3.54. The van der Waals surface area contributed by atoms with Gasteiger partial charge in [-0.15, -0.1) is 0 Å². The lowest BCUT2D eigenvalue weighted by atomic mass is 9.71. The molecule has 0 radical (unpaired) electrons. The van der Waals surface area contributed by atoms with Crippen molar-refractivity contribution in [2.45, 2.75) is 44.6 Å². The average Bonchev–Trinajstić information content (AvgIpc) is 3.18. The third-order valence-electron chi connectivity index (χ3n) is 8.16. The Labute approximate surface area is 200 Å². The van der Waals surface area contributed by atoms with Crippen LogP contribution in [0.2, 0.25) is 0 Å². The van der Waals surface area contributed by atoms with Crippen molar-refractivity contribution in [1.29, 1.82) is 0 Å². The zero-order valence-electron chi connectivity index (χ0n) is 20.0. The zero-order valence-corrected chi connectivity index (χ0v) is 20.0. The summed E-state index contributed by atoms with van der Waals surface area (Å²) in [5.74, 6) is 1.62. The van der Waals surface area contributed by atoms with E-state index in [0.29, 0.717) is 24.3 Å². The maximum atomic E-state index is 13.5. The molecule has 6 rings (SSSR count). The second-order valence-electron chi connectivity index (χ2n) is 10.6. The van der Waals surface area contributed by atoms with Gasteiger partial charge in [-0.25, -0.2) is 0 Å². The van der Waals surface area contributed by atoms with Gasteiger partial charge in [0, 0.05) is 33.3 Å². The van der Waals surface area contributed by atoms with Gasteiger partial charge in [0.15, 0.2) is 5.78 Å². The molecule has 0 amide bonds. The molecule has 3 N–H and O–H groups in total. The van der Waals surface area contributed by atoms with Crippen LogP contribution < -0.4 is 10.5 Å². The van der Waals surface area contributed by atoms with E-state index in [1.807, 2.05) is 30.3 Å². The number of nitrogens with one attached hydrogen (secondary N) is 1. The van der Waals surface area contributed by atoms with Crippen LogP contribution in [-0.2, 0) is 10.2 Å². The quantitative estimate of drug-likeness (QED) is 0.549. The number of nitrogens with two attached hydrogens (primary N) is 1. The Kier molecular flexibility index (Phi) is 5.19. The van der Waals surface area contributed by atoms with Gasteiger partial charge in [0.05, 0.1) is 31.4 Å². The minimum Gasteiger partial charge on any atom is -0.494 e. The minimum atomic E-state index is -0.343. The lowest BCUT2D eigenvalue weighted by Crippen LogP contribution is -2.51. The van der Waals surface area contributed by atoms with Crippen LogP contribution in [0.1, 0.15) is 60.3 Å². The number of ether oxygens (including phenoxy) is 2. The van der Waals surface area contributed by atoms with E-state index in [4.69, 9.17) is 15.2 Å². The molecule has 3 aliphatic rings. The monoisotopic (exact) mass is 459 g/mol. The van der Waals surface area contributed by atoms with Gasteiger partial charge in [0.2, 0.25) is 0 Å². The van der Waals surface area contributed by atoms with Crippen LogP contribution >= 0.6 is 0 Å². The third-order valence-corrected chi connectivity index (χ3v) is 8.16. The number of anilines is 1. The molecule has 3 aromatic rings. The zero-order chi connectivity index (χ0) is 23.4. The van der Waals surface area contributed by atoms with Gasteiger partial charge in [-0.2, -0.15) is 0 Å². The molecule has 0 saturated carbocycles. The number of aromatic nitrogens is 1. The first-order chi connectivity index (χ1) is 16.4. The van der Waals surface area contributed by atoms with E-state index in [2.05, 4.69) is 29.8 Å². The molecule has 2 saturated heterocycles. The number of rotatable bonds is 5. The third kappa shape index (κ3) is 3.51. The molecule has 0 bridgehead atoms. The number of H-pyrrole nitrogens is 1. The molecular weight excluding hydrogens is 426 g/mol. The SMILES string of the molecule is CC1(C)c2cc(OCCC3CCN(C4COC4)CC3)ccc2C(=O)c2c1[nH]c1cc(N)ccc21. The molecule has 0 spiro atoms. The van der Waals surface area contributed by atoms with Gasteiger partial charge in [0.1, 0.15) is 5.75 Å². The normalized spacial score (nSPS) is 20.7. The number of ketones is 1. The van der Waals surface area contributed by atoms with Crippen molar-refractivity contribution in [2.24, 2.45) is 5.92 Å². The number of likely N-dealkylation sites (tertiary alicyclic amines) is 1. The molecule has 178 valence electrons. The predicted octanol–water partition coefficient (Wildman–Crippen LogP) is 4.50. The van der Waals surface area contributed by atoms with Crippen LogP contribution in [0.15, 0.2) is 36.4 Å². The Hall–Kier alpha value is -2.83. The Balaban J connectivity index is 1.17. The molecule has 2 fully saturated rings. The van der Waals surface area contributed by atoms with Crippen LogP contribution in [0.5, 0.6) is 5.75 Å². The van der Waals surface area contributed by atoms with Gasteiger partial charge in [-0.05, 0) is 74.2 Å². The van der Waals surface area contributed by atoms with Gasteiger partial charge < -0.3 is 20.2 Å². The first-order valence-corrected chi connectivity index (χ1v) is 12.5. The molecule has 6 heteroatoms. The summed E-state index contributed by atoms with van der Waals surface area (Å²) in [7, 11) is 0. The van der Waals surface area contributed by atoms with E-state index < -0.39 is 0 Å². The summed E-state index contributed by atoms with van der Waals surface area (Å²) in [6, 6.07) is 12.3. The summed E-state index contributed by atoms with van der Waals surface area (Å²) >= 11 is 0. The first-order valence-electron chi connectivity index (χ1n) is 12.5. The lowest BCUT2D eigenvalue weighted by molar-refractivity contribution is -0.0742. The Morgan fingerprint density at radius 2 is 1.94 bits per heavy atom. The van der Waals surface area contributed by atoms with Gasteiger partial charge in [-0.1, -0.05) is 19.9 Å². The van der Waals surface area contributed by atoms with Crippen LogP contribution in [0.3, 0.4) is 0 Å². The number of carbonyl (C=O) groups excluding carboxylic acids is 1. The van der Waals surface area contributed by atoms with Crippen molar-refractivity contribution in [3.8, 4) is 5.75 Å². The molecule has 1 aromatic heterocycles. The van der Waals surface area contributed by atoms with Crippen molar-refractivity contribution in [1.82, 2.24) is 9.88 Å². The number of benzene rings is 2. The van der Waals surface area contributed by atoms with E-state index in [-0.39, 0.29) is 11.2 Å². The Morgan fingerprint density at radius 1 is 1.15 bits per heavy atom. The summed E-state index contributed by atoms with van der Waals surface area (Å²) in [5.41, 5.74) is 10.7. The maximum Gasteiger partial charge on any atom is 0.195 e. The topological polar surface area (TPSA) is 80.6 Å². The molecule has 2 aromatic carbocycles. The van der Waals surface area contributed by atoms with E-state index in [1.54, 1.807) is 0 Å². The second kappa shape index (κ2) is 8.14.